The van der Waals surface area contributed by atoms with Gasteiger partial charge in [-0.05, 0) is 67.5 Å². The lowest BCUT2D eigenvalue weighted by atomic mass is 9.93. The fourth-order valence-electron chi connectivity index (χ4n) is 3.32. The lowest BCUT2D eigenvalue weighted by Crippen LogP contribution is -2.20. The van der Waals surface area contributed by atoms with Crippen molar-refractivity contribution in [2.45, 2.75) is 45.4 Å². The molecule has 0 amide bonds. The molecule has 1 aliphatic rings. The van der Waals surface area contributed by atoms with Gasteiger partial charge in [-0.15, -0.1) is 0 Å². The third kappa shape index (κ3) is 3.17. The van der Waals surface area contributed by atoms with Gasteiger partial charge in [0, 0.05) is 5.41 Å². The zero-order chi connectivity index (χ0) is 16.4. The molecule has 2 aromatic rings. The molecular formula is C21H24O2. The predicted octanol–water partition coefficient (Wildman–Crippen LogP) is 4.75. The molecule has 2 heteroatoms. The summed E-state index contributed by atoms with van der Waals surface area (Å²) in [6.07, 6.45) is 3.18. The Morgan fingerprint density at radius 2 is 1.83 bits per heavy atom. The van der Waals surface area contributed by atoms with Crippen LogP contribution in [0.15, 0.2) is 42.5 Å². The Kier molecular flexibility index (Phi) is 4.25. The highest BCUT2D eigenvalue weighted by Crippen LogP contribution is 2.49. The largest absolute Gasteiger partial charge is 0.461 e. The van der Waals surface area contributed by atoms with Crippen molar-refractivity contribution in [3.63, 3.8) is 0 Å². The van der Waals surface area contributed by atoms with E-state index in [-0.39, 0.29) is 11.4 Å². The molecule has 0 aliphatic heterocycles. The maximum atomic E-state index is 12.4. The van der Waals surface area contributed by atoms with Crippen LogP contribution in [-0.2, 0) is 16.6 Å². The Hall–Kier alpha value is -2.09. The molecule has 1 saturated carbocycles. The lowest BCUT2D eigenvalue weighted by Gasteiger charge is -2.18. The molecule has 2 nitrogen and oxygen atoms in total. The van der Waals surface area contributed by atoms with Gasteiger partial charge in [0.15, 0.2) is 0 Å². The number of carbonyl (C=O) groups excluding carboxylic acids is 1. The minimum Gasteiger partial charge on any atom is -0.461 e. The summed E-state index contributed by atoms with van der Waals surface area (Å²) in [5.74, 6) is -0.212. The van der Waals surface area contributed by atoms with E-state index in [1.165, 1.54) is 16.7 Å². The summed E-state index contributed by atoms with van der Waals surface area (Å²) in [4.78, 5) is 12.4. The first kappa shape index (κ1) is 15.8. The van der Waals surface area contributed by atoms with Crippen LogP contribution in [0.25, 0.3) is 0 Å². The number of rotatable bonds is 5. The fraction of sp³-hybridized carbons (Fsp3) is 0.381. The van der Waals surface area contributed by atoms with Crippen LogP contribution in [0.3, 0.4) is 0 Å². The number of ether oxygens (including phenoxy) is 1. The van der Waals surface area contributed by atoms with Crippen LogP contribution in [0.5, 0.6) is 0 Å². The Labute approximate surface area is 138 Å². The SMILES string of the molecule is CCc1ccc(C(=O)OCC2(c3ccccc3C)CC2)cc1C. The standard InChI is InChI=1S/C21H24O2/c1-4-17-9-10-18(13-16(17)3)20(22)23-14-21(11-12-21)19-8-6-5-7-15(19)2/h5-10,13H,4,11-12,14H2,1-3H3. The van der Waals surface area contributed by atoms with E-state index in [0.717, 1.165) is 24.8 Å². The van der Waals surface area contributed by atoms with E-state index in [4.69, 9.17) is 4.74 Å². The van der Waals surface area contributed by atoms with E-state index in [1.54, 1.807) is 0 Å². The highest BCUT2D eigenvalue weighted by molar-refractivity contribution is 5.89. The van der Waals surface area contributed by atoms with E-state index in [0.29, 0.717) is 12.2 Å². The molecule has 1 fully saturated rings. The lowest BCUT2D eigenvalue weighted by molar-refractivity contribution is 0.0465. The maximum absolute atomic E-state index is 12.4. The molecule has 0 unspecified atom stereocenters. The molecule has 0 aromatic heterocycles. The van der Waals surface area contributed by atoms with Crippen LogP contribution in [-0.4, -0.2) is 12.6 Å². The molecule has 0 heterocycles. The molecule has 120 valence electrons. The summed E-state index contributed by atoms with van der Waals surface area (Å²) < 4.78 is 5.65. The number of aryl methyl sites for hydroxylation is 3. The Balaban J connectivity index is 1.70. The Bertz CT molecular complexity index is 726. The number of hydrogen-bond donors (Lipinski definition) is 0. The molecule has 0 atom stereocenters. The van der Waals surface area contributed by atoms with Gasteiger partial charge >= 0.3 is 5.97 Å². The second-order valence-corrected chi connectivity index (χ2v) is 6.67. The van der Waals surface area contributed by atoms with Gasteiger partial charge in [-0.25, -0.2) is 4.79 Å². The smallest absolute Gasteiger partial charge is 0.338 e. The first-order valence-corrected chi connectivity index (χ1v) is 8.38. The minimum atomic E-state index is -0.212. The van der Waals surface area contributed by atoms with Crippen molar-refractivity contribution in [1.29, 1.82) is 0 Å². The van der Waals surface area contributed by atoms with Crippen molar-refractivity contribution in [3.05, 3.63) is 70.3 Å². The van der Waals surface area contributed by atoms with Gasteiger partial charge in [-0.2, -0.15) is 0 Å². The second-order valence-electron chi connectivity index (χ2n) is 6.67. The van der Waals surface area contributed by atoms with Gasteiger partial charge in [-0.1, -0.05) is 37.3 Å². The fourth-order valence-corrected chi connectivity index (χ4v) is 3.32. The molecule has 0 radical (unpaired) electrons. The summed E-state index contributed by atoms with van der Waals surface area (Å²) >= 11 is 0. The molecule has 3 rings (SSSR count). The normalized spacial score (nSPS) is 15.3. The third-order valence-electron chi connectivity index (χ3n) is 5.01. The van der Waals surface area contributed by atoms with Gasteiger partial charge in [-0.3, -0.25) is 0 Å². The van der Waals surface area contributed by atoms with Crippen LogP contribution >= 0.6 is 0 Å². The summed E-state index contributed by atoms with van der Waals surface area (Å²) in [6, 6.07) is 14.3. The highest BCUT2D eigenvalue weighted by atomic mass is 16.5. The summed E-state index contributed by atoms with van der Waals surface area (Å²) in [6.45, 7) is 6.78. The second kappa shape index (κ2) is 6.19. The van der Waals surface area contributed by atoms with Crippen LogP contribution in [0.4, 0.5) is 0 Å². The average Bonchev–Trinajstić information content (AvgIpc) is 3.34. The van der Waals surface area contributed by atoms with Crippen molar-refractivity contribution >= 4 is 5.97 Å². The zero-order valence-electron chi connectivity index (χ0n) is 14.2. The molecule has 2 aromatic carbocycles. The summed E-state index contributed by atoms with van der Waals surface area (Å²) in [5.41, 5.74) is 5.73. The number of benzene rings is 2. The van der Waals surface area contributed by atoms with Crippen LogP contribution in [0.2, 0.25) is 0 Å². The van der Waals surface area contributed by atoms with Crippen LogP contribution < -0.4 is 0 Å². The van der Waals surface area contributed by atoms with Gasteiger partial charge in [0.1, 0.15) is 6.61 Å². The molecule has 23 heavy (non-hydrogen) atoms. The zero-order valence-corrected chi connectivity index (χ0v) is 14.2. The van der Waals surface area contributed by atoms with Crippen molar-refractivity contribution < 1.29 is 9.53 Å². The predicted molar refractivity (Wildman–Crippen MR) is 92.9 cm³/mol. The number of hydrogen-bond acceptors (Lipinski definition) is 2. The monoisotopic (exact) mass is 308 g/mol. The number of esters is 1. The molecular weight excluding hydrogens is 284 g/mol. The minimum absolute atomic E-state index is 0.0411. The molecule has 0 spiro atoms. The molecule has 0 bridgehead atoms. The first-order chi connectivity index (χ1) is 11.1. The molecule has 1 aliphatic carbocycles. The van der Waals surface area contributed by atoms with E-state index >= 15 is 0 Å². The molecule has 0 saturated heterocycles. The third-order valence-corrected chi connectivity index (χ3v) is 5.01. The summed E-state index contributed by atoms with van der Waals surface area (Å²) in [5, 5.41) is 0. The van der Waals surface area contributed by atoms with E-state index in [1.807, 2.05) is 25.1 Å². The van der Waals surface area contributed by atoms with Gasteiger partial charge in [0.2, 0.25) is 0 Å². The molecule has 0 N–H and O–H groups in total. The van der Waals surface area contributed by atoms with E-state index in [9.17, 15) is 4.79 Å². The van der Waals surface area contributed by atoms with Gasteiger partial charge in [0.05, 0.1) is 5.56 Å². The van der Waals surface area contributed by atoms with E-state index < -0.39 is 0 Å². The van der Waals surface area contributed by atoms with Crippen molar-refractivity contribution in [1.82, 2.24) is 0 Å². The number of carbonyl (C=O) groups is 1. The quantitative estimate of drug-likeness (QED) is 0.745. The topological polar surface area (TPSA) is 26.3 Å². The van der Waals surface area contributed by atoms with Crippen molar-refractivity contribution in [2.24, 2.45) is 0 Å². The van der Waals surface area contributed by atoms with Gasteiger partial charge < -0.3 is 4.74 Å². The first-order valence-electron chi connectivity index (χ1n) is 8.38. The van der Waals surface area contributed by atoms with Gasteiger partial charge in [0.25, 0.3) is 0 Å². The Morgan fingerprint density at radius 3 is 2.43 bits per heavy atom. The van der Waals surface area contributed by atoms with Crippen molar-refractivity contribution in [2.75, 3.05) is 6.61 Å². The van der Waals surface area contributed by atoms with E-state index in [2.05, 4.69) is 38.1 Å². The average molecular weight is 308 g/mol. The Morgan fingerprint density at radius 1 is 1.09 bits per heavy atom. The maximum Gasteiger partial charge on any atom is 0.338 e. The van der Waals surface area contributed by atoms with Crippen LogP contribution in [0, 0.1) is 13.8 Å². The summed E-state index contributed by atoms with van der Waals surface area (Å²) in [7, 11) is 0. The van der Waals surface area contributed by atoms with Crippen molar-refractivity contribution in [3.8, 4) is 0 Å². The van der Waals surface area contributed by atoms with Crippen LogP contribution in [0.1, 0.15) is 52.4 Å². The highest BCUT2D eigenvalue weighted by Gasteiger charge is 2.46.